The molecule has 1 aromatic rings. The van der Waals surface area contributed by atoms with Crippen LogP contribution in [0.3, 0.4) is 0 Å². The topological polar surface area (TPSA) is 64.3 Å². The second-order valence-electron chi connectivity index (χ2n) is 5.53. The zero-order valence-corrected chi connectivity index (χ0v) is 13.6. The summed E-state index contributed by atoms with van der Waals surface area (Å²) >= 11 is 0. The molecule has 1 aromatic carbocycles. The van der Waals surface area contributed by atoms with Gasteiger partial charge in [-0.2, -0.15) is 0 Å². The number of nitrogens with two attached hydrogens (primary N) is 1. The number of hydrogen-bond donors (Lipinski definition) is 2. The van der Waals surface area contributed by atoms with E-state index in [9.17, 15) is 4.79 Å². The third-order valence-electron chi connectivity index (χ3n) is 3.44. The lowest BCUT2D eigenvalue weighted by Crippen LogP contribution is -2.37. The maximum atomic E-state index is 11.9. The van der Waals surface area contributed by atoms with Gasteiger partial charge in [0.15, 0.2) is 6.10 Å². The Hall–Kier alpha value is -1.55. The maximum Gasteiger partial charge on any atom is 0.260 e. The minimum atomic E-state index is -0.504. The zero-order valence-electron chi connectivity index (χ0n) is 13.6. The molecule has 0 saturated heterocycles. The molecule has 2 atom stereocenters. The second kappa shape index (κ2) is 8.67. The van der Waals surface area contributed by atoms with Crippen LogP contribution in [0.15, 0.2) is 18.2 Å². The van der Waals surface area contributed by atoms with Crippen LogP contribution in [0.5, 0.6) is 5.75 Å². The van der Waals surface area contributed by atoms with E-state index in [1.165, 1.54) is 5.56 Å². The van der Waals surface area contributed by atoms with Crippen LogP contribution >= 0.6 is 0 Å². The Balaban J connectivity index is 2.79. The summed E-state index contributed by atoms with van der Waals surface area (Å²) < 4.78 is 5.84. The Bertz CT molecular complexity index is 460. The largest absolute Gasteiger partial charge is 0.481 e. The highest BCUT2D eigenvalue weighted by Crippen LogP contribution is 2.23. The van der Waals surface area contributed by atoms with Crippen LogP contribution < -0.4 is 15.8 Å². The van der Waals surface area contributed by atoms with E-state index in [0.717, 1.165) is 30.6 Å². The van der Waals surface area contributed by atoms with E-state index in [0.29, 0.717) is 6.54 Å². The summed E-state index contributed by atoms with van der Waals surface area (Å²) in [5, 5.41) is 2.85. The standard InChI is InChI=1S/C17H28N2O2/c1-5-9-19-17(20)13(4)21-16-8-7-12(3)10-14(16)11-15(18)6-2/h7-8,10,13,15H,5-6,9,11,18H2,1-4H3,(H,19,20). The number of rotatable bonds is 8. The minimum Gasteiger partial charge on any atom is -0.481 e. The molecule has 0 bridgehead atoms. The molecule has 0 aliphatic carbocycles. The number of amides is 1. The van der Waals surface area contributed by atoms with Gasteiger partial charge in [0.2, 0.25) is 0 Å². The molecule has 0 fully saturated rings. The van der Waals surface area contributed by atoms with Crippen molar-refractivity contribution in [2.45, 2.75) is 59.1 Å². The zero-order chi connectivity index (χ0) is 15.8. The van der Waals surface area contributed by atoms with Crippen molar-refractivity contribution < 1.29 is 9.53 Å². The summed E-state index contributed by atoms with van der Waals surface area (Å²) in [4.78, 5) is 11.9. The predicted molar refractivity (Wildman–Crippen MR) is 86.5 cm³/mol. The van der Waals surface area contributed by atoms with Crippen LogP contribution in [-0.2, 0) is 11.2 Å². The second-order valence-corrected chi connectivity index (χ2v) is 5.53. The average Bonchev–Trinajstić information content (AvgIpc) is 2.47. The fourth-order valence-electron chi connectivity index (χ4n) is 2.05. The lowest BCUT2D eigenvalue weighted by atomic mass is 10.0. The van der Waals surface area contributed by atoms with Crippen LogP contribution in [0.1, 0.15) is 44.7 Å². The molecule has 0 aromatic heterocycles. The summed E-state index contributed by atoms with van der Waals surface area (Å²) in [6, 6.07) is 6.11. The molecular formula is C17H28N2O2. The van der Waals surface area contributed by atoms with E-state index < -0.39 is 6.10 Å². The Kier molecular flexibility index (Phi) is 7.23. The lowest BCUT2D eigenvalue weighted by Gasteiger charge is -2.19. The van der Waals surface area contributed by atoms with Gasteiger partial charge in [-0.3, -0.25) is 4.79 Å². The van der Waals surface area contributed by atoms with E-state index in [-0.39, 0.29) is 11.9 Å². The molecule has 0 saturated carbocycles. The molecular weight excluding hydrogens is 264 g/mol. The molecule has 0 aliphatic heterocycles. The molecule has 4 heteroatoms. The van der Waals surface area contributed by atoms with E-state index in [4.69, 9.17) is 10.5 Å². The average molecular weight is 292 g/mol. The van der Waals surface area contributed by atoms with Gasteiger partial charge in [0.25, 0.3) is 5.91 Å². The van der Waals surface area contributed by atoms with Gasteiger partial charge < -0.3 is 15.8 Å². The van der Waals surface area contributed by atoms with Gasteiger partial charge >= 0.3 is 0 Å². The number of ether oxygens (including phenoxy) is 1. The molecule has 118 valence electrons. The number of nitrogens with one attached hydrogen (secondary N) is 1. The van der Waals surface area contributed by atoms with Crippen LogP contribution in [0.25, 0.3) is 0 Å². The van der Waals surface area contributed by atoms with Gasteiger partial charge in [0.05, 0.1) is 0 Å². The van der Waals surface area contributed by atoms with Crippen molar-refractivity contribution in [2.24, 2.45) is 5.73 Å². The van der Waals surface area contributed by atoms with Crippen molar-refractivity contribution in [3.63, 3.8) is 0 Å². The van der Waals surface area contributed by atoms with Crippen LogP contribution in [0.2, 0.25) is 0 Å². The van der Waals surface area contributed by atoms with E-state index in [2.05, 4.69) is 18.3 Å². The molecule has 1 rings (SSSR count). The summed E-state index contributed by atoms with van der Waals surface area (Å²) in [6.07, 6.45) is 2.09. The van der Waals surface area contributed by atoms with Crippen LogP contribution in [-0.4, -0.2) is 24.6 Å². The number of benzene rings is 1. The fraction of sp³-hybridized carbons (Fsp3) is 0.588. The lowest BCUT2D eigenvalue weighted by molar-refractivity contribution is -0.127. The molecule has 0 spiro atoms. The smallest absolute Gasteiger partial charge is 0.260 e. The molecule has 0 heterocycles. The summed E-state index contributed by atoms with van der Waals surface area (Å²) in [6.45, 7) is 8.59. The fourth-order valence-corrected chi connectivity index (χ4v) is 2.05. The van der Waals surface area contributed by atoms with Crippen molar-refractivity contribution >= 4 is 5.91 Å². The molecule has 1 amide bonds. The Morgan fingerprint density at radius 2 is 2.10 bits per heavy atom. The Morgan fingerprint density at radius 3 is 2.71 bits per heavy atom. The third kappa shape index (κ3) is 5.76. The molecule has 0 radical (unpaired) electrons. The summed E-state index contributed by atoms with van der Waals surface area (Å²) in [5.41, 5.74) is 8.28. The first kappa shape index (κ1) is 17.5. The van der Waals surface area contributed by atoms with Gasteiger partial charge in [-0.05, 0) is 44.7 Å². The third-order valence-corrected chi connectivity index (χ3v) is 3.44. The maximum absolute atomic E-state index is 11.9. The van der Waals surface area contributed by atoms with Crippen molar-refractivity contribution in [3.05, 3.63) is 29.3 Å². The van der Waals surface area contributed by atoms with Crippen molar-refractivity contribution in [2.75, 3.05) is 6.54 Å². The molecule has 3 N–H and O–H groups in total. The van der Waals surface area contributed by atoms with Gasteiger partial charge in [-0.1, -0.05) is 31.5 Å². The summed E-state index contributed by atoms with van der Waals surface area (Å²) in [7, 11) is 0. The minimum absolute atomic E-state index is 0.0804. The van der Waals surface area contributed by atoms with Gasteiger partial charge in [0, 0.05) is 12.6 Å². The number of carbonyl (C=O) groups is 1. The van der Waals surface area contributed by atoms with E-state index in [1.54, 1.807) is 6.92 Å². The highest BCUT2D eigenvalue weighted by molar-refractivity contribution is 5.80. The predicted octanol–water partition coefficient (Wildman–Crippen LogP) is 2.57. The van der Waals surface area contributed by atoms with E-state index >= 15 is 0 Å². The van der Waals surface area contributed by atoms with Crippen LogP contribution in [0, 0.1) is 6.92 Å². The molecule has 2 unspecified atom stereocenters. The van der Waals surface area contributed by atoms with Gasteiger partial charge in [0.1, 0.15) is 5.75 Å². The normalized spacial score (nSPS) is 13.6. The van der Waals surface area contributed by atoms with Gasteiger partial charge in [-0.15, -0.1) is 0 Å². The molecule has 4 nitrogen and oxygen atoms in total. The van der Waals surface area contributed by atoms with E-state index in [1.807, 2.05) is 26.0 Å². The molecule has 0 aliphatic rings. The first-order valence-electron chi connectivity index (χ1n) is 7.77. The number of carbonyl (C=O) groups excluding carboxylic acids is 1. The Labute approximate surface area is 128 Å². The summed E-state index contributed by atoms with van der Waals surface area (Å²) in [5.74, 6) is 0.673. The quantitative estimate of drug-likeness (QED) is 0.774. The monoisotopic (exact) mass is 292 g/mol. The van der Waals surface area contributed by atoms with Gasteiger partial charge in [-0.25, -0.2) is 0 Å². The number of hydrogen-bond acceptors (Lipinski definition) is 3. The van der Waals surface area contributed by atoms with Crippen molar-refractivity contribution in [3.8, 4) is 5.75 Å². The van der Waals surface area contributed by atoms with Crippen LogP contribution in [0.4, 0.5) is 0 Å². The first-order valence-corrected chi connectivity index (χ1v) is 7.77. The highest BCUT2D eigenvalue weighted by atomic mass is 16.5. The Morgan fingerprint density at radius 1 is 1.38 bits per heavy atom. The molecule has 21 heavy (non-hydrogen) atoms. The highest BCUT2D eigenvalue weighted by Gasteiger charge is 2.16. The SMILES string of the molecule is CCCNC(=O)C(C)Oc1ccc(C)cc1CC(N)CC. The van der Waals surface area contributed by atoms with Crippen molar-refractivity contribution in [1.82, 2.24) is 5.32 Å². The van der Waals surface area contributed by atoms with Crippen molar-refractivity contribution in [1.29, 1.82) is 0 Å². The number of aryl methyl sites for hydroxylation is 1. The first-order chi connectivity index (χ1) is 9.97.